The Balaban J connectivity index is 0.000000254. The van der Waals surface area contributed by atoms with Crippen LogP contribution >= 0.6 is 16.4 Å². The van der Waals surface area contributed by atoms with Crippen molar-refractivity contribution in [1.82, 2.24) is 0 Å². The van der Waals surface area contributed by atoms with Gasteiger partial charge in [0.2, 0.25) is 0 Å². The molecule has 170 valence electrons. The van der Waals surface area contributed by atoms with Crippen LogP contribution in [0.5, 0.6) is 0 Å². The van der Waals surface area contributed by atoms with E-state index < -0.39 is 0 Å². The van der Waals surface area contributed by atoms with Crippen molar-refractivity contribution in [2.75, 3.05) is 0 Å². The van der Waals surface area contributed by atoms with E-state index in [1.54, 1.807) is 21.2 Å². The van der Waals surface area contributed by atoms with Crippen molar-refractivity contribution >= 4 is 16.4 Å². The maximum Gasteiger partial charge on any atom is 0.0249 e. The molecule has 0 fully saturated rings. The first-order valence-electron chi connectivity index (χ1n) is 11.1. The van der Waals surface area contributed by atoms with Crippen LogP contribution in [0, 0.1) is 67.2 Å². The van der Waals surface area contributed by atoms with Crippen molar-refractivity contribution < 1.29 is 26.2 Å². The Morgan fingerprint density at radius 2 is 0.667 bits per heavy atom. The van der Waals surface area contributed by atoms with Gasteiger partial charge >= 0.3 is 0 Å². The van der Waals surface area contributed by atoms with E-state index in [1.807, 2.05) is 60.7 Å². The van der Waals surface area contributed by atoms with Crippen molar-refractivity contribution in [2.45, 2.75) is 55.4 Å². The number of aryl methyl sites for hydroxylation is 4. The van der Waals surface area contributed by atoms with Crippen molar-refractivity contribution in [3.63, 3.8) is 0 Å². The fourth-order valence-corrected chi connectivity index (χ4v) is 5.87. The molecule has 0 saturated heterocycles. The van der Waals surface area contributed by atoms with Crippen LogP contribution in [0.15, 0.2) is 60.7 Å². The zero-order valence-electron chi connectivity index (χ0n) is 21.3. The van der Waals surface area contributed by atoms with Crippen LogP contribution in [0.3, 0.4) is 0 Å². The van der Waals surface area contributed by atoms with Crippen molar-refractivity contribution in [1.29, 1.82) is 0 Å². The van der Waals surface area contributed by atoms with Gasteiger partial charge < -0.3 is 0 Å². The van der Waals surface area contributed by atoms with E-state index in [0.717, 1.165) is 27.5 Å². The first-order valence-corrected chi connectivity index (χ1v) is 13.1. The molecule has 0 bridgehead atoms. The molecule has 0 nitrogen and oxygen atoms in total. The van der Waals surface area contributed by atoms with Gasteiger partial charge in [0.15, 0.2) is 0 Å². The number of hydrogen-bond donors (Lipinski definition) is 0. The van der Waals surface area contributed by atoms with E-state index in [4.69, 9.17) is 0 Å². The molecule has 0 aliphatic carbocycles. The summed E-state index contributed by atoms with van der Waals surface area (Å²) >= 11 is 0. The molecule has 4 rings (SSSR count). The smallest absolute Gasteiger partial charge is 0.0249 e. The summed E-state index contributed by atoms with van der Waals surface area (Å²) in [5, 5.41) is 6.30. The van der Waals surface area contributed by atoms with E-state index in [0.29, 0.717) is 0 Å². The average Bonchev–Trinajstić information content (AvgIpc) is 3.17. The first-order chi connectivity index (χ1) is 15.2. The molecule has 0 amide bonds. The van der Waals surface area contributed by atoms with Gasteiger partial charge in [0.1, 0.15) is 0 Å². The number of benzene rings is 2. The molecule has 0 aliphatic rings. The maximum atomic E-state index is 3.11. The second-order valence-electron chi connectivity index (χ2n) is 8.23. The summed E-state index contributed by atoms with van der Waals surface area (Å²) in [5.74, 6) is 6.22. The van der Waals surface area contributed by atoms with Gasteiger partial charge in [-0.25, -0.2) is 0 Å². The van der Waals surface area contributed by atoms with E-state index in [-0.39, 0.29) is 26.2 Å². The quantitative estimate of drug-likeness (QED) is 0.192. The van der Waals surface area contributed by atoms with E-state index in [9.17, 15) is 0 Å². The summed E-state index contributed by atoms with van der Waals surface area (Å²) in [6, 6.07) is 20.0. The summed E-state index contributed by atoms with van der Waals surface area (Å²) in [7, 11) is 1.95. The molecule has 2 aromatic heterocycles. The van der Waals surface area contributed by atoms with Gasteiger partial charge in [-0.3, -0.25) is 0 Å². The maximum absolute atomic E-state index is 3.11. The van der Waals surface area contributed by atoms with Gasteiger partial charge in [0.25, 0.3) is 0 Å². The number of rotatable bonds is 0. The summed E-state index contributed by atoms with van der Waals surface area (Å²) < 4.78 is 0. The minimum Gasteiger partial charge on any atom is -0.133 e. The topological polar surface area (TPSA) is 0 Å². The first kappa shape index (κ1) is 29.5. The van der Waals surface area contributed by atoms with E-state index in [2.05, 4.69) is 67.2 Å². The molecular formula is C30H36P2Zr. The van der Waals surface area contributed by atoms with Crippen LogP contribution in [-0.4, -0.2) is 0 Å². The third-order valence-corrected chi connectivity index (χ3v) is 9.02. The monoisotopic (exact) mass is 548 g/mol. The Kier molecular flexibility index (Phi) is 13.1. The van der Waals surface area contributed by atoms with Crippen LogP contribution in [0.4, 0.5) is 0 Å². The van der Waals surface area contributed by atoms with E-state index in [1.165, 1.54) is 22.3 Å². The van der Waals surface area contributed by atoms with Gasteiger partial charge in [-0.1, -0.05) is 48.2 Å². The van der Waals surface area contributed by atoms with Crippen molar-refractivity contribution in [3.05, 3.63) is 115 Å². The van der Waals surface area contributed by atoms with Crippen molar-refractivity contribution in [2.24, 2.45) is 0 Å². The van der Waals surface area contributed by atoms with Gasteiger partial charge in [0.05, 0.1) is 0 Å². The third-order valence-electron chi connectivity index (χ3n) is 6.02. The average molecular weight is 550 g/mol. The Morgan fingerprint density at radius 1 is 0.424 bits per heavy atom. The second-order valence-corrected chi connectivity index (χ2v) is 11.7. The zero-order valence-corrected chi connectivity index (χ0v) is 25.7. The zero-order chi connectivity index (χ0) is 23.7. The Morgan fingerprint density at radius 3 is 0.848 bits per heavy atom. The van der Waals surface area contributed by atoms with Gasteiger partial charge in [-0.15, -0.1) is 16.4 Å². The van der Waals surface area contributed by atoms with Crippen LogP contribution in [0.1, 0.15) is 54.6 Å². The molecule has 0 saturated carbocycles. The molecule has 0 atom stereocenters. The fourth-order valence-electron chi connectivity index (χ4n) is 3.25. The number of hydrogen-bond acceptors (Lipinski definition) is 0. The molecule has 33 heavy (non-hydrogen) atoms. The third kappa shape index (κ3) is 9.31. The standard InChI is InChI=1S/C14H10.2C8H13P.Zr/c1-3-7-13(8-4-1)11-12-14-9-5-2-6-10-14;2*1-5-6(2)8(4)9-7(5)3;/h1-10H;2*9H,1-4H3;. The summed E-state index contributed by atoms with van der Waals surface area (Å²) in [5.41, 5.74) is 8.18. The molecule has 0 N–H and O–H groups in total. The molecule has 0 unspecified atom stereocenters. The predicted octanol–water partition coefficient (Wildman–Crippen LogP) is 8.99. The molecule has 2 heterocycles. The van der Waals surface area contributed by atoms with Crippen LogP contribution < -0.4 is 0 Å². The molecular weight excluding hydrogens is 514 g/mol. The molecule has 4 aromatic rings. The summed E-state index contributed by atoms with van der Waals surface area (Å²) in [6.45, 7) is 17.8. The molecule has 0 spiro atoms. The predicted molar refractivity (Wildman–Crippen MR) is 149 cm³/mol. The minimum atomic E-state index is 0. The Labute approximate surface area is 223 Å². The normalized spacial score (nSPS) is 9.33. The van der Waals surface area contributed by atoms with Gasteiger partial charge in [-0.05, 0) is 123 Å². The van der Waals surface area contributed by atoms with Crippen LogP contribution in [0.25, 0.3) is 0 Å². The molecule has 0 aliphatic heterocycles. The van der Waals surface area contributed by atoms with Gasteiger partial charge in [0, 0.05) is 37.3 Å². The van der Waals surface area contributed by atoms with Crippen LogP contribution in [0.2, 0.25) is 0 Å². The largest absolute Gasteiger partial charge is 0.133 e. The molecule has 3 heteroatoms. The fraction of sp³-hybridized carbons (Fsp3) is 0.267. The second kappa shape index (κ2) is 14.7. The molecule has 0 radical (unpaired) electrons. The SMILES string of the molecule is C(#Cc1ccccc1)c1ccccc1.Cc1[pH]c(C)c(C)c1C.Cc1[pH]c(C)c(C)c1C.[Zr]. The van der Waals surface area contributed by atoms with Crippen molar-refractivity contribution in [3.8, 4) is 11.8 Å². The van der Waals surface area contributed by atoms with E-state index >= 15 is 0 Å². The summed E-state index contributed by atoms with van der Waals surface area (Å²) in [6.07, 6.45) is 0. The molecule has 2 aromatic carbocycles. The Hall–Kier alpha value is -1.56. The summed E-state index contributed by atoms with van der Waals surface area (Å²) in [4.78, 5) is 0. The Bertz CT molecular complexity index is 1050. The minimum absolute atomic E-state index is 0. The van der Waals surface area contributed by atoms with Crippen LogP contribution in [-0.2, 0) is 26.2 Å². The van der Waals surface area contributed by atoms with Gasteiger partial charge in [-0.2, -0.15) is 0 Å².